The van der Waals surface area contributed by atoms with E-state index in [2.05, 4.69) is 15.9 Å². The first kappa shape index (κ1) is 14.1. The molecule has 0 aliphatic carbocycles. The fraction of sp³-hybridized carbons (Fsp3) is 0.231. The van der Waals surface area contributed by atoms with E-state index in [1.54, 1.807) is 0 Å². The summed E-state index contributed by atoms with van der Waals surface area (Å²) in [4.78, 5) is 10.0. The minimum absolute atomic E-state index is 0.299. The summed E-state index contributed by atoms with van der Waals surface area (Å²) < 4.78 is 6.15. The fourth-order valence-electron chi connectivity index (χ4n) is 1.81. The summed E-state index contributed by atoms with van der Waals surface area (Å²) in [5, 5.41) is 10.1. The summed E-state index contributed by atoms with van der Waals surface area (Å²) in [6.07, 6.45) is 0. The van der Waals surface area contributed by atoms with Crippen LogP contribution in [0.25, 0.3) is 0 Å². The summed E-state index contributed by atoms with van der Waals surface area (Å²) in [6, 6.07) is 6.77. The molecule has 1 heterocycles. The van der Waals surface area contributed by atoms with Crippen molar-refractivity contribution in [1.82, 2.24) is 0 Å². The van der Waals surface area contributed by atoms with Gasteiger partial charge in [-0.2, -0.15) is 0 Å². The number of nitrogens with zero attached hydrogens (tertiary/aromatic N) is 1. The zero-order valence-electron chi connectivity index (χ0n) is 10.3. The van der Waals surface area contributed by atoms with Crippen molar-refractivity contribution in [2.45, 2.75) is 19.2 Å². The number of halogens is 2. The Bertz CT molecular complexity index is 639. The number of furan rings is 1. The molecule has 1 aromatic heterocycles. The molecule has 0 aliphatic rings. The lowest BCUT2D eigenvalue weighted by Gasteiger charge is -2.12. The molecule has 6 heteroatoms. The van der Waals surface area contributed by atoms with Crippen LogP contribution in [0.2, 0.25) is 0 Å². The SMILES string of the molecule is Cc1cc(C(Cl)c2ccc([N+](=O)[O-])o2)c(C)cc1Br. The minimum Gasteiger partial charge on any atom is -0.404 e. The van der Waals surface area contributed by atoms with Crippen LogP contribution < -0.4 is 0 Å². The zero-order valence-corrected chi connectivity index (χ0v) is 12.7. The van der Waals surface area contributed by atoms with Crippen LogP contribution in [0.5, 0.6) is 0 Å². The van der Waals surface area contributed by atoms with Crippen molar-refractivity contribution in [3.63, 3.8) is 0 Å². The molecule has 0 saturated heterocycles. The van der Waals surface area contributed by atoms with Crippen LogP contribution in [0, 0.1) is 24.0 Å². The van der Waals surface area contributed by atoms with Crippen molar-refractivity contribution >= 4 is 33.4 Å². The summed E-state index contributed by atoms with van der Waals surface area (Å²) in [5.74, 6) is 0.0744. The molecule has 0 spiro atoms. The third kappa shape index (κ3) is 2.82. The number of aryl methyl sites for hydroxylation is 2. The van der Waals surface area contributed by atoms with E-state index < -0.39 is 10.3 Å². The molecule has 0 saturated carbocycles. The van der Waals surface area contributed by atoms with Gasteiger partial charge in [-0.3, -0.25) is 10.1 Å². The lowest BCUT2D eigenvalue weighted by atomic mass is 10.0. The molecule has 100 valence electrons. The van der Waals surface area contributed by atoms with Gasteiger partial charge in [0.2, 0.25) is 0 Å². The van der Waals surface area contributed by atoms with E-state index in [1.807, 2.05) is 26.0 Å². The highest BCUT2D eigenvalue weighted by Crippen LogP contribution is 2.35. The molecule has 1 unspecified atom stereocenters. The van der Waals surface area contributed by atoms with Crippen LogP contribution in [-0.2, 0) is 0 Å². The van der Waals surface area contributed by atoms with Gasteiger partial charge in [0.1, 0.15) is 16.1 Å². The van der Waals surface area contributed by atoms with Gasteiger partial charge in [0.05, 0.1) is 6.07 Å². The largest absolute Gasteiger partial charge is 0.433 e. The monoisotopic (exact) mass is 343 g/mol. The van der Waals surface area contributed by atoms with Gasteiger partial charge in [-0.1, -0.05) is 22.0 Å². The van der Waals surface area contributed by atoms with Crippen molar-refractivity contribution in [2.75, 3.05) is 0 Å². The second-order valence-corrected chi connectivity index (χ2v) is 5.54. The molecular formula is C13H11BrClNO3. The summed E-state index contributed by atoms with van der Waals surface area (Å²) in [7, 11) is 0. The third-order valence-corrected chi connectivity index (χ3v) is 4.17. The molecule has 0 aliphatic heterocycles. The van der Waals surface area contributed by atoms with Crippen LogP contribution in [0.3, 0.4) is 0 Å². The molecule has 2 rings (SSSR count). The Morgan fingerprint density at radius 2 is 2.00 bits per heavy atom. The highest BCUT2D eigenvalue weighted by Gasteiger charge is 2.21. The van der Waals surface area contributed by atoms with Crippen molar-refractivity contribution in [3.05, 3.63) is 61.3 Å². The van der Waals surface area contributed by atoms with E-state index in [0.29, 0.717) is 5.76 Å². The molecule has 19 heavy (non-hydrogen) atoms. The van der Waals surface area contributed by atoms with E-state index in [-0.39, 0.29) is 5.88 Å². The van der Waals surface area contributed by atoms with E-state index in [0.717, 1.165) is 21.2 Å². The molecule has 0 N–H and O–H groups in total. The number of hydrogen-bond donors (Lipinski definition) is 0. The Labute approximate surface area is 123 Å². The maximum atomic E-state index is 10.6. The summed E-state index contributed by atoms with van der Waals surface area (Å²) >= 11 is 9.80. The maximum absolute atomic E-state index is 10.6. The topological polar surface area (TPSA) is 56.3 Å². The quantitative estimate of drug-likeness (QED) is 0.452. The lowest BCUT2D eigenvalue weighted by molar-refractivity contribution is -0.402. The first-order valence-corrected chi connectivity index (χ1v) is 6.78. The molecule has 0 bridgehead atoms. The average Bonchev–Trinajstić information content (AvgIpc) is 2.82. The van der Waals surface area contributed by atoms with Crippen LogP contribution in [-0.4, -0.2) is 4.92 Å². The normalized spacial score (nSPS) is 12.4. The number of rotatable bonds is 3. The molecular weight excluding hydrogens is 334 g/mol. The smallest absolute Gasteiger partial charge is 0.404 e. The fourth-order valence-corrected chi connectivity index (χ4v) is 2.62. The first-order valence-electron chi connectivity index (χ1n) is 5.55. The lowest BCUT2D eigenvalue weighted by Crippen LogP contribution is -1.96. The van der Waals surface area contributed by atoms with Crippen molar-refractivity contribution < 1.29 is 9.34 Å². The van der Waals surface area contributed by atoms with E-state index in [1.165, 1.54) is 12.1 Å². The van der Waals surface area contributed by atoms with Crippen LogP contribution in [0.1, 0.15) is 27.8 Å². The van der Waals surface area contributed by atoms with Crippen LogP contribution >= 0.6 is 27.5 Å². The van der Waals surface area contributed by atoms with Crippen molar-refractivity contribution in [2.24, 2.45) is 0 Å². The van der Waals surface area contributed by atoms with Gasteiger partial charge in [0, 0.05) is 4.47 Å². The van der Waals surface area contributed by atoms with Gasteiger partial charge in [0.15, 0.2) is 0 Å². The van der Waals surface area contributed by atoms with Gasteiger partial charge in [-0.05, 0) is 42.7 Å². The standard InChI is InChI=1S/C13H11BrClNO3/c1-7-6-10(14)8(2)5-9(7)13(15)11-3-4-12(19-11)16(17)18/h3-6,13H,1-2H3. The first-order chi connectivity index (χ1) is 8.90. The predicted molar refractivity (Wildman–Crippen MR) is 76.7 cm³/mol. The molecule has 1 atom stereocenters. The second-order valence-electron chi connectivity index (χ2n) is 4.25. The second kappa shape index (κ2) is 5.35. The van der Waals surface area contributed by atoms with Gasteiger partial charge in [-0.25, -0.2) is 0 Å². The average molecular weight is 345 g/mol. The van der Waals surface area contributed by atoms with Gasteiger partial charge < -0.3 is 4.42 Å². The summed E-state index contributed by atoms with van der Waals surface area (Å²) in [5.41, 5.74) is 2.93. The minimum atomic E-state index is -0.577. The van der Waals surface area contributed by atoms with Crippen molar-refractivity contribution in [1.29, 1.82) is 0 Å². The Morgan fingerprint density at radius 1 is 1.32 bits per heavy atom. The Morgan fingerprint density at radius 3 is 2.58 bits per heavy atom. The molecule has 0 radical (unpaired) electrons. The van der Waals surface area contributed by atoms with Gasteiger partial charge >= 0.3 is 5.88 Å². The number of benzene rings is 1. The number of alkyl halides is 1. The Kier molecular flexibility index (Phi) is 3.96. The Hall–Kier alpha value is -1.33. The van der Waals surface area contributed by atoms with Crippen molar-refractivity contribution in [3.8, 4) is 0 Å². The Balaban J connectivity index is 2.40. The van der Waals surface area contributed by atoms with Crippen LogP contribution in [0.4, 0.5) is 5.88 Å². The number of hydrogen-bond acceptors (Lipinski definition) is 3. The highest BCUT2D eigenvalue weighted by molar-refractivity contribution is 9.10. The maximum Gasteiger partial charge on any atom is 0.433 e. The van der Waals surface area contributed by atoms with E-state index >= 15 is 0 Å². The predicted octanol–water partition coefficient (Wildman–Crippen LogP) is 4.90. The molecule has 4 nitrogen and oxygen atoms in total. The molecule has 2 aromatic rings. The number of nitro groups is 1. The molecule has 1 aromatic carbocycles. The highest BCUT2D eigenvalue weighted by atomic mass is 79.9. The third-order valence-electron chi connectivity index (χ3n) is 2.86. The van der Waals surface area contributed by atoms with E-state index in [9.17, 15) is 10.1 Å². The van der Waals surface area contributed by atoms with E-state index in [4.69, 9.17) is 16.0 Å². The molecule has 0 fully saturated rings. The zero-order chi connectivity index (χ0) is 14.2. The van der Waals surface area contributed by atoms with Crippen LogP contribution in [0.15, 0.2) is 33.2 Å². The summed E-state index contributed by atoms with van der Waals surface area (Å²) in [6.45, 7) is 3.90. The van der Waals surface area contributed by atoms with Gasteiger partial charge in [-0.15, -0.1) is 11.6 Å². The molecule has 0 amide bonds. The van der Waals surface area contributed by atoms with Gasteiger partial charge in [0.25, 0.3) is 0 Å².